The third-order valence-electron chi connectivity index (χ3n) is 7.47. The van der Waals surface area contributed by atoms with Gasteiger partial charge >= 0.3 is 0 Å². The highest BCUT2D eigenvalue weighted by Crippen LogP contribution is 2.57. The molecule has 0 saturated carbocycles. The van der Waals surface area contributed by atoms with Crippen molar-refractivity contribution in [2.24, 2.45) is 11.8 Å². The molecule has 1 spiro atoms. The molecule has 35 heavy (non-hydrogen) atoms. The highest BCUT2D eigenvalue weighted by atomic mass is 19.1. The Morgan fingerprint density at radius 3 is 2.03 bits per heavy atom. The maximum atomic E-state index is 13.9. The third-order valence-corrected chi connectivity index (χ3v) is 7.47. The first-order chi connectivity index (χ1) is 16.8. The van der Waals surface area contributed by atoms with Crippen LogP contribution < -0.4 is 4.90 Å². The van der Waals surface area contributed by atoms with Crippen LogP contribution in [-0.4, -0.2) is 29.0 Å². The highest BCUT2D eigenvalue weighted by Gasteiger charge is 2.74. The van der Waals surface area contributed by atoms with Gasteiger partial charge in [0, 0.05) is 11.1 Å². The fourth-order valence-electron chi connectivity index (χ4n) is 5.59. The summed E-state index contributed by atoms with van der Waals surface area (Å²) in [6.45, 7) is 3.79. The number of carbonyl (C=O) groups excluding carboxylic acids is 4. The molecule has 2 aliphatic heterocycles. The molecule has 0 bridgehead atoms. The molecule has 0 unspecified atom stereocenters. The van der Waals surface area contributed by atoms with Crippen molar-refractivity contribution in [2.75, 3.05) is 4.90 Å². The number of imide groups is 1. The number of benzene rings is 3. The molecule has 0 aromatic heterocycles. The maximum absolute atomic E-state index is 13.9. The van der Waals surface area contributed by atoms with Crippen LogP contribution in [-0.2, 0) is 14.3 Å². The van der Waals surface area contributed by atoms with E-state index in [0.29, 0.717) is 11.3 Å². The summed E-state index contributed by atoms with van der Waals surface area (Å²) in [5.41, 5.74) is 0.866. The lowest BCUT2D eigenvalue weighted by Gasteiger charge is -2.27. The smallest absolute Gasteiger partial charge is 0.241 e. The average Bonchev–Trinajstić information content (AvgIpc) is 3.41. The number of carbonyl (C=O) groups is 4. The van der Waals surface area contributed by atoms with Gasteiger partial charge in [0.05, 0.1) is 23.6 Å². The highest BCUT2D eigenvalue weighted by molar-refractivity contribution is 6.37. The molecule has 0 radical (unpaired) electrons. The number of hydrogen-bond donors (Lipinski definition) is 0. The van der Waals surface area contributed by atoms with Crippen LogP contribution >= 0.6 is 0 Å². The predicted octanol–water partition coefficient (Wildman–Crippen LogP) is 4.14. The Hall–Kier alpha value is -3.97. The van der Waals surface area contributed by atoms with Crippen molar-refractivity contribution < 1.29 is 28.3 Å². The molecule has 0 N–H and O–H groups in total. The quantitative estimate of drug-likeness (QED) is 0.416. The van der Waals surface area contributed by atoms with E-state index in [2.05, 4.69) is 0 Å². The van der Waals surface area contributed by atoms with Gasteiger partial charge in [-0.15, -0.1) is 0 Å². The molecule has 6 nitrogen and oxygen atoms in total. The zero-order valence-electron chi connectivity index (χ0n) is 18.9. The van der Waals surface area contributed by atoms with Crippen LogP contribution in [0.15, 0.2) is 66.7 Å². The first kappa shape index (κ1) is 21.6. The van der Waals surface area contributed by atoms with Gasteiger partial charge in [-0.3, -0.25) is 19.2 Å². The van der Waals surface area contributed by atoms with E-state index >= 15 is 0 Å². The van der Waals surface area contributed by atoms with E-state index in [-0.39, 0.29) is 11.1 Å². The van der Waals surface area contributed by atoms with Gasteiger partial charge in [-0.05, 0) is 54.8 Å². The number of amides is 2. The predicted molar refractivity (Wildman–Crippen MR) is 123 cm³/mol. The molecule has 2 heterocycles. The Morgan fingerprint density at radius 1 is 0.800 bits per heavy atom. The summed E-state index contributed by atoms with van der Waals surface area (Å²) >= 11 is 0. The van der Waals surface area contributed by atoms with Gasteiger partial charge in [0.2, 0.25) is 29.0 Å². The minimum Gasteiger partial charge on any atom is -0.349 e. The first-order valence-corrected chi connectivity index (χ1v) is 11.3. The van der Waals surface area contributed by atoms with Crippen LogP contribution in [0.4, 0.5) is 10.1 Å². The second-order valence-electron chi connectivity index (χ2n) is 9.31. The van der Waals surface area contributed by atoms with Crippen molar-refractivity contribution in [3.05, 3.63) is 100 Å². The lowest BCUT2D eigenvalue weighted by molar-refractivity contribution is -0.127. The molecule has 7 heteroatoms. The number of ether oxygens (including phenoxy) is 1. The van der Waals surface area contributed by atoms with Crippen molar-refractivity contribution >= 4 is 29.1 Å². The number of nitrogens with zero attached hydrogens (tertiary/aromatic N) is 1. The fraction of sp³-hybridized carbons (Fsp3) is 0.214. The second kappa shape index (κ2) is 7.26. The number of ketones is 2. The Labute approximate surface area is 200 Å². The summed E-state index contributed by atoms with van der Waals surface area (Å²) < 4.78 is 19.8. The molecule has 2 amide bonds. The Bertz CT molecular complexity index is 1430. The number of hydrogen-bond acceptors (Lipinski definition) is 5. The fourth-order valence-corrected chi connectivity index (χ4v) is 5.59. The molecule has 2 saturated heterocycles. The van der Waals surface area contributed by atoms with Gasteiger partial charge < -0.3 is 4.74 Å². The molecule has 3 atom stereocenters. The number of anilines is 1. The molecule has 6 rings (SSSR count). The first-order valence-electron chi connectivity index (χ1n) is 11.3. The monoisotopic (exact) mass is 469 g/mol. The van der Waals surface area contributed by atoms with Crippen molar-refractivity contribution in [3.8, 4) is 0 Å². The largest absolute Gasteiger partial charge is 0.349 e. The van der Waals surface area contributed by atoms with E-state index in [4.69, 9.17) is 4.74 Å². The van der Waals surface area contributed by atoms with Crippen LogP contribution in [0.25, 0.3) is 0 Å². The third kappa shape index (κ3) is 2.73. The van der Waals surface area contributed by atoms with Gasteiger partial charge in [0.1, 0.15) is 5.82 Å². The summed E-state index contributed by atoms with van der Waals surface area (Å²) in [4.78, 5) is 56.2. The molecule has 174 valence electrons. The minimum atomic E-state index is -2.14. The number of rotatable bonds is 2. The topological polar surface area (TPSA) is 80.8 Å². The maximum Gasteiger partial charge on any atom is 0.241 e. The molecule has 3 aromatic rings. The van der Waals surface area contributed by atoms with Gasteiger partial charge in [0.15, 0.2) is 0 Å². The SMILES string of the molecule is Cc1ccc(N2C(=O)[C@@H]3[C@@H](C2=O)C2(O[C@H]3c3ccc(F)cc3)C(=O)c3ccccc3C2=O)cc1C. The Balaban J connectivity index is 1.54. The number of Topliss-reactive ketones (excluding diaryl/α,β-unsaturated/α-hetero) is 2. The summed E-state index contributed by atoms with van der Waals surface area (Å²) in [6.07, 6.45) is -1.07. The number of fused-ring (bicyclic) bond motifs is 3. The lowest BCUT2D eigenvalue weighted by atomic mass is 9.77. The van der Waals surface area contributed by atoms with Gasteiger partial charge in [-0.2, -0.15) is 0 Å². The molecule has 2 fully saturated rings. The summed E-state index contributed by atoms with van der Waals surface area (Å²) in [7, 11) is 0. The normalized spacial score (nSPS) is 24.4. The van der Waals surface area contributed by atoms with Crippen molar-refractivity contribution in [1.29, 1.82) is 0 Å². The van der Waals surface area contributed by atoms with E-state index < -0.39 is 52.7 Å². The Kier molecular flexibility index (Phi) is 4.47. The Morgan fingerprint density at radius 2 is 1.43 bits per heavy atom. The van der Waals surface area contributed by atoms with Gasteiger partial charge in [-0.25, -0.2) is 9.29 Å². The van der Waals surface area contributed by atoms with Crippen LogP contribution in [0.2, 0.25) is 0 Å². The molecule has 1 aliphatic carbocycles. The summed E-state index contributed by atoms with van der Waals surface area (Å²) in [5.74, 6) is -5.38. The lowest BCUT2D eigenvalue weighted by Crippen LogP contribution is -2.51. The molecular weight excluding hydrogens is 449 g/mol. The van der Waals surface area contributed by atoms with Gasteiger partial charge in [-0.1, -0.05) is 42.5 Å². The summed E-state index contributed by atoms with van der Waals surface area (Å²) in [5, 5.41) is 0. The number of aryl methyl sites for hydroxylation is 2. The van der Waals surface area contributed by atoms with Crippen molar-refractivity contribution in [3.63, 3.8) is 0 Å². The minimum absolute atomic E-state index is 0.167. The second-order valence-corrected chi connectivity index (χ2v) is 9.31. The summed E-state index contributed by atoms with van der Waals surface area (Å²) in [6, 6.07) is 16.9. The average molecular weight is 469 g/mol. The van der Waals surface area contributed by atoms with E-state index in [9.17, 15) is 23.6 Å². The zero-order chi connectivity index (χ0) is 24.6. The molecule has 3 aliphatic rings. The van der Waals surface area contributed by atoms with E-state index in [1.165, 1.54) is 36.4 Å². The zero-order valence-corrected chi connectivity index (χ0v) is 18.9. The van der Waals surface area contributed by atoms with E-state index in [0.717, 1.165) is 16.0 Å². The molecular formula is C28H20FNO5. The van der Waals surface area contributed by atoms with Crippen LogP contribution in [0.1, 0.15) is 43.5 Å². The molecule has 3 aromatic carbocycles. The van der Waals surface area contributed by atoms with E-state index in [1.54, 1.807) is 24.3 Å². The van der Waals surface area contributed by atoms with Crippen LogP contribution in [0.5, 0.6) is 0 Å². The van der Waals surface area contributed by atoms with E-state index in [1.807, 2.05) is 19.9 Å². The standard InChI is InChI=1S/C28H20FNO5/c1-14-7-12-18(13-15(14)2)30-26(33)21-22(27(30)34)28(35-23(21)16-8-10-17(29)11-9-16)24(31)19-5-3-4-6-20(19)25(28)32/h3-13,21-23H,1-2H3/t21-,22+,23+/m1/s1. The van der Waals surface area contributed by atoms with Crippen molar-refractivity contribution in [2.45, 2.75) is 25.6 Å². The van der Waals surface area contributed by atoms with Crippen LogP contribution in [0.3, 0.4) is 0 Å². The van der Waals surface area contributed by atoms with Gasteiger partial charge in [0.25, 0.3) is 0 Å². The van der Waals surface area contributed by atoms with Crippen molar-refractivity contribution in [1.82, 2.24) is 0 Å². The van der Waals surface area contributed by atoms with Crippen LogP contribution in [0, 0.1) is 31.5 Å². The number of halogens is 1.